The topological polar surface area (TPSA) is 105 Å². The normalized spacial score (nSPS) is 22.5. The standard InChI is InChI=1S/C28H27ClF2N4O4/c1-15-20(9-17(29)12-32-15)26(36)34-19-6-3-16(4-7-19)14-35-24-10-18(30)5-8-21(24)28(38,27(35)37)22-11-25(39-2)33-13-23(22)31/h5,8-13,16,19,38H,3-4,6-7,14H2,1-2H3,(H,34,36)/t16-,19-,28?. The number of fused-ring (bicyclic) bond motifs is 1. The van der Waals surface area contributed by atoms with Gasteiger partial charge in [-0.25, -0.2) is 13.8 Å². The van der Waals surface area contributed by atoms with Gasteiger partial charge >= 0.3 is 0 Å². The summed E-state index contributed by atoms with van der Waals surface area (Å²) in [6.07, 6.45) is 5.07. The number of pyridine rings is 2. The van der Waals surface area contributed by atoms with Crippen molar-refractivity contribution in [2.24, 2.45) is 5.92 Å². The van der Waals surface area contributed by atoms with Crippen molar-refractivity contribution in [3.8, 4) is 5.88 Å². The van der Waals surface area contributed by atoms with Crippen molar-refractivity contribution < 1.29 is 28.2 Å². The lowest BCUT2D eigenvalue weighted by Crippen LogP contribution is -2.45. The quantitative estimate of drug-likeness (QED) is 0.469. The third-order valence-corrected chi connectivity index (χ3v) is 7.75. The van der Waals surface area contributed by atoms with Gasteiger partial charge in [0.15, 0.2) is 5.60 Å². The number of hydrogen-bond acceptors (Lipinski definition) is 6. The number of nitrogens with zero attached hydrogens (tertiary/aromatic N) is 3. The summed E-state index contributed by atoms with van der Waals surface area (Å²) in [5.74, 6) is -2.43. The van der Waals surface area contributed by atoms with Gasteiger partial charge in [0.2, 0.25) is 5.88 Å². The smallest absolute Gasteiger partial charge is 0.268 e. The molecular formula is C28H27ClF2N4O4. The van der Waals surface area contributed by atoms with Crippen molar-refractivity contribution >= 4 is 29.1 Å². The van der Waals surface area contributed by atoms with E-state index < -0.39 is 23.1 Å². The number of amides is 2. The molecule has 0 saturated heterocycles. The van der Waals surface area contributed by atoms with Crippen molar-refractivity contribution in [1.82, 2.24) is 15.3 Å². The van der Waals surface area contributed by atoms with Crippen LogP contribution in [0.3, 0.4) is 0 Å². The summed E-state index contributed by atoms with van der Waals surface area (Å²) >= 11 is 6.00. The molecule has 204 valence electrons. The van der Waals surface area contributed by atoms with Crippen molar-refractivity contribution in [2.75, 3.05) is 18.6 Å². The van der Waals surface area contributed by atoms with Crippen molar-refractivity contribution in [3.05, 3.63) is 81.8 Å². The third-order valence-electron chi connectivity index (χ3n) is 7.55. The van der Waals surface area contributed by atoms with Gasteiger partial charge in [-0.1, -0.05) is 17.7 Å². The number of halogens is 3. The predicted molar refractivity (Wildman–Crippen MR) is 140 cm³/mol. The number of ether oxygens (including phenoxy) is 1. The third kappa shape index (κ3) is 4.94. The molecule has 0 radical (unpaired) electrons. The van der Waals surface area contributed by atoms with Crippen molar-refractivity contribution in [1.29, 1.82) is 0 Å². The minimum Gasteiger partial charge on any atom is -0.481 e. The number of methoxy groups -OCH3 is 1. The second kappa shape index (κ2) is 10.5. The Morgan fingerprint density at radius 2 is 1.90 bits per heavy atom. The zero-order valence-corrected chi connectivity index (χ0v) is 22.1. The first-order chi connectivity index (χ1) is 18.6. The van der Waals surface area contributed by atoms with Gasteiger partial charge in [-0.05, 0) is 56.7 Å². The number of aromatic nitrogens is 2. The van der Waals surface area contributed by atoms with E-state index in [9.17, 15) is 23.5 Å². The number of aliphatic hydroxyl groups is 1. The first kappa shape index (κ1) is 27.0. The maximum Gasteiger partial charge on any atom is 0.268 e. The van der Waals surface area contributed by atoms with E-state index in [1.807, 2.05) is 0 Å². The second-order valence-electron chi connectivity index (χ2n) is 9.97. The molecule has 1 saturated carbocycles. The molecule has 8 nitrogen and oxygen atoms in total. The molecule has 2 aromatic heterocycles. The van der Waals surface area contributed by atoms with Crippen molar-refractivity contribution in [3.63, 3.8) is 0 Å². The van der Waals surface area contributed by atoms with E-state index in [0.29, 0.717) is 42.0 Å². The summed E-state index contributed by atoms with van der Waals surface area (Å²) in [5, 5.41) is 15.1. The molecule has 2 aliphatic rings. The summed E-state index contributed by atoms with van der Waals surface area (Å²) in [4.78, 5) is 35.7. The van der Waals surface area contributed by atoms with Crippen LogP contribution < -0.4 is 15.0 Å². The number of aryl methyl sites for hydroxylation is 1. The molecule has 2 amide bonds. The first-order valence-corrected chi connectivity index (χ1v) is 13.0. The van der Waals surface area contributed by atoms with Gasteiger partial charge in [0.05, 0.1) is 35.3 Å². The van der Waals surface area contributed by atoms with Crippen LogP contribution in [0, 0.1) is 24.5 Å². The van der Waals surface area contributed by atoms with Crippen LogP contribution in [0.5, 0.6) is 5.88 Å². The Morgan fingerprint density at radius 1 is 1.15 bits per heavy atom. The van der Waals surface area contributed by atoms with Crippen LogP contribution in [0.25, 0.3) is 0 Å². The maximum absolute atomic E-state index is 14.9. The molecule has 3 heterocycles. The van der Waals surface area contributed by atoms with E-state index >= 15 is 0 Å². The Hall–Kier alpha value is -3.63. The number of carbonyl (C=O) groups is 2. The Bertz CT molecular complexity index is 1450. The Kier molecular flexibility index (Phi) is 7.26. The average molecular weight is 557 g/mol. The number of rotatable bonds is 6. The Labute approximate surface area is 229 Å². The minimum absolute atomic E-state index is 0.0203. The van der Waals surface area contributed by atoms with E-state index in [2.05, 4.69) is 15.3 Å². The van der Waals surface area contributed by atoms with Crippen LogP contribution in [0.15, 0.2) is 42.7 Å². The zero-order chi connectivity index (χ0) is 27.9. The molecule has 1 aromatic carbocycles. The minimum atomic E-state index is -2.36. The lowest BCUT2D eigenvalue weighted by molar-refractivity contribution is -0.132. The number of carbonyl (C=O) groups excluding carboxylic acids is 2. The number of anilines is 1. The summed E-state index contributed by atoms with van der Waals surface area (Å²) in [6, 6.07) is 6.30. The fourth-order valence-corrected chi connectivity index (χ4v) is 5.61. The highest BCUT2D eigenvalue weighted by molar-refractivity contribution is 6.30. The number of hydrogen-bond donors (Lipinski definition) is 2. The van der Waals surface area contributed by atoms with Crippen molar-refractivity contribution in [2.45, 2.75) is 44.2 Å². The molecule has 1 aliphatic carbocycles. The fraction of sp³-hybridized carbons (Fsp3) is 0.357. The molecule has 2 N–H and O–H groups in total. The van der Waals surface area contributed by atoms with Crippen LogP contribution in [0.4, 0.5) is 14.5 Å². The molecule has 1 fully saturated rings. The summed E-state index contributed by atoms with van der Waals surface area (Å²) in [5.41, 5.74) is -1.39. The summed E-state index contributed by atoms with van der Waals surface area (Å²) < 4.78 is 34.2. The van der Waals surface area contributed by atoms with Crippen LogP contribution >= 0.6 is 11.6 Å². The van der Waals surface area contributed by atoms with E-state index in [1.54, 1.807) is 13.0 Å². The lowest BCUT2D eigenvalue weighted by Gasteiger charge is -2.32. The number of nitrogens with one attached hydrogen (secondary N) is 1. The van der Waals surface area contributed by atoms with Crippen LogP contribution in [0.2, 0.25) is 5.02 Å². The average Bonchev–Trinajstić information content (AvgIpc) is 3.13. The molecule has 1 unspecified atom stereocenters. The van der Waals surface area contributed by atoms with E-state index in [4.69, 9.17) is 16.3 Å². The van der Waals surface area contributed by atoms with Gasteiger partial charge in [0, 0.05) is 36.0 Å². The largest absolute Gasteiger partial charge is 0.481 e. The van der Waals surface area contributed by atoms with Gasteiger partial charge in [-0.2, -0.15) is 0 Å². The van der Waals surface area contributed by atoms with Gasteiger partial charge < -0.3 is 20.1 Å². The molecule has 1 atom stereocenters. The molecular weight excluding hydrogens is 530 g/mol. The molecule has 1 aliphatic heterocycles. The van der Waals surface area contributed by atoms with Gasteiger partial charge in [-0.3, -0.25) is 14.6 Å². The predicted octanol–water partition coefficient (Wildman–Crippen LogP) is 4.30. The van der Waals surface area contributed by atoms with E-state index in [1.165, 1.54) is 36.4 Å². The molecule has 3 aromatic rings. The van der Waals surface area contributed by atoms with Crippen LogP contribution in [0.1, 0.15) is 52.9 Å². The highest BCUT2D eigenvalue weighted by atomic mass is 35.5. The lowest BCUT2D eigenvalue weighted by atomic mass is 9.85. The number of benzene rings is 1. The van der Waals surface area contributed by atoms with E-state index in [0.717, 1.165) is 12.3 Å². The molecule has 5 rings (SSSR count). The fourth-order valence-electron chi connectivity index (χ4n) is 5.45. The summed E-state index contributed by atoms with van der Waals surface area (Å²) in [7, 11) is 1.34. The van der Waals surface area contributed by atoms with E-state index in [-0.39, 0.29) is 47.1 Å². The van der Waals surface area contributed by atoms with Gasteiger partial charge in [0.1, 0.15) is 11.6 Å². The molecule has 11 heteroatoms. The maximum atomic E-state index is 14.9. The van der Waals surface area contributed by atoms with Crippen LogP contribution in [-0.2, 0) is 10.4 Å². The van der Waals surface area contributed by atoms with Gasteiger partial charge in [-0.15, -0.1) is 0 Å². The monoisotopic (exact) mass is 556 g/mol. The highest BCUT2D eigenvalue weighted by Crippen LogP contribution is 2.46. The first-order valence-electron chi connectivity index (χ1n) is 12.6. The van der Waals surface area contributed by atoms with Gasteiger partial charge in [0.25, 0.3) is 11.8 Å². The van der Waals surface area contributed by atoms with Crippen LogP contribution in [-0.4, -0.2) is 46.6 Å². The zero-order valence-electron chi connectivity index (χ0n) is 21.4. The Morgan fingerprint density at radius 3 is 2.62 bits per heavy atom. The summed E-state index contributed by atoms with van der Waals surface area (Å²) in [6.45, 7) is 1.95. The molecule has 0 bridgehead atoms. The molecule has 39 heavy (non-hydrogen) atoms. The second-order valence-corrected chi connectivity index (χ2v) is 10.4. The SMILES string of the molecule is COc1cc(C2(O)C(=O)N(C[C@H]3CC[C@H](NC(=O)c4cc(Cl)cnc4C)CC3)c3cc(F)ccc32)c(F)cn1. The highest BCUT2D eigenvalue weighted by Gasteiger charge is 2.53. The Balaban J connectivity index is 1.32. The molecule has 0 spiro atoms.